The Morgan fingerprint density at radius 2 is 2.22 bits per heavy atom. The molecule has 3 rings (SSSR count). The van der Waals surface area contributed by atoms with Crippen LogP contribution < -0.4 is 15.5 Å². The van der Waals surface area contributed by atoms with Gasteiger partial charge in [-0.1, -0.05) is 11.6 Å². The van der Waals surface area contributed by atoms with Crippen molar-refractivity contribution in [3.8, 4) is 0 Å². The number of nitrogens with one attached hydrogen (secondary N) is 2. The lowest BCUT2D eigenvalue weighted by Gasteiger charge is -2.28. The Balaban J connectivity index is 1.56. The summed E-state index contributed by atoms with van der Waals surface area (Å²) in [4.78, 5) is 27.0. The van der Waals surface area contributed by atoms with Gasteiger partial charge in [-0.05, 0) is 24.6 Å². The Labute approximate surface area is 138 Å². The predicted molar refractivity (Wildman–Crippen MR) is 85.1 cm³/mol. The second-order valence-electron chi connectivity index (χ2n) is 5.75. The molecule has 0 radical (unpaired) electrons. The molecule has 2 N–H and O–H groups in total. The quantitative estimate of drug-likeness (QED) is 0.850. The summed E-state index contributed by atoms with van der Waals surface area (Å²) >= 11 is 5.69. The predicted octanol–water partition coefficient (Wildman–Crippen LogP) is 1.20. The number of urea groups is 1. The largest absolute Gasteiger partial charge is 0.369 e. The number of anilines is 1. The smallest absolute Gasteiger partial charge is 0.318 e. The molecule has 0 bridgehead atoms. The molecule has 2 fully saturated rings. The van der Waals surface area contributed by atoms with Crippen LogP contribution in [0, 0.1) is 5.82 Å². The number of benzene rings is 1. The molecule has 3 amide bonds. The first-order valence-electron chi connectivity index (χ1n) is 7.55. The van der Waals surface area contributed by atoms with E-state index in [0.29, 0.717) is 19.6 Å². The molecule has 1 atom stereocenters. The van der Waals surface area contributed by atoms with Crippen molar-refractivity contribution < 1.29 is 14.0 Å². The molecule has 0 aromatic heterocycles. The molecule has 1 aromatic rings. The molecule has 0 aliphatic carbocycles. The van der Waals surface area contributed by atoms with Crippen LogP contribution in [0.4, 0.5) is 14.9 Å². The number of piperazine rings is 1. The summed E-state index contributed by atoms with van der Waals surface area (Å²) < 4.78 is 13.5. The van der Waals surface area contributed by atoms with E-state index >= 15 is 0 Å². The van der Waals surface area contributed by atoms with E-state index in [2.05, 4.69) is 10.6 Å². The molecular weight excluding hydrogens is 323 g/mol. The summed E-state index contributed by atoms with van der Waals surface area (Å²) in [6.07, 6.45) is 0.774. The van der Waals surface area contributed by atoms with Gasteiger partial charge in [-0.2, -0.15) is 0 Å². The van der Waals surface area contributed by atoms with Gasteiger partial charge in [-0.25, -0.2) is 9.18 Å². The number of rotatable bonds is 2. The van der Waals surface area contributed by atoms with Gasteiger partial charge in [0, 0.05) is 37.9 Å². The van der Waals surface area contributed by atoms with Gasteiger partial charge in [0.25, 0.3) is 0 Å². The van der Waals surface area contributed by atoms with Crippen LogP contribution in [-0.2, 0) is 4.79 Å². The van der Waals surface area contributed by atoms with Gasteiger partial charge < -0.3 is 20.4 Å². The summed E-state index contributed by atoms with van der Waals surface area (Å²) in [7, 11) is 0. The molecular formula is C15H18ClFN4O2. The minimum absolute atomic E-state index is 0.0220. The van der Waals surface area contributed by atoms with Crippen LogP contribution in [0.15, 0.2) is 18.2 Å². The average Bonchev–Trinajstić information content (AvgIpc) is 2.98. The lowest BCUT2D eigenvalue weighted by atomic mass is 10.2. The highest BCUT2D eigenvalue weighted by Crippen LogP contribution is 2.25. The summed E-state index contributed by atoms with van der Waals surface area (Å²) in [5.41, 5.74) is 0.751. The van der Waals surface area contributed by atoms with Crippen LogP contribution in [0.25, 0.3) is 0 Å². The third-order valence-electron chi connectivity index (χ3n) is 4.11. The molecule has 8 heteroatoms. The van der Waals surface area contributed by atoms with Gasteiger partial charge in [0.2, 0.25) is 5.91 Å². The Kier molecular flexibility index (Phi) is 4.56. The van der Waals surface area contributed by atoms with Crippen molar-refractivity contribution in [3.63, 3.8) is 0 Å². The fourth-order valence-corrected chi connectivity index (χ4v) is 2.99. The van der Waals surface area contributed by atoms with Crippen LogP contribution in [-0.4, -0.2) is 55.6 Å². The molecule has 23 heavy (non-hydrogen) atoms. The number of carbonyl (C=O) groups is 2. The maximum Gasteiger partial charge on any atom is 0.318 e. The average molecular weight is 341 g/mol. The van der Waals surface area contributed by atoms with Gasteiger partial charge in [0.15, 0.2) is 0 Å². The Morgan fingerprint density at radius 1 is 1.39 bits per heavy atom. The first-order chi connectivity index (χ1) is 11.0. The van der Waals surface area contributed by atoms with E-state index < -0.39 is 5.82 Å². The first-order valence-corrected chi connectivity index (χ1v) is 7.93. The van der Waals surface area contributed by atoms with Gasteiger partial charge in [0.05, 0.1) is 5.02 Å². The van der Waals surface area contributed by atoms with Gasteiger partial charge in [-0.15, -0.1) is 0 Å². The van der Waals surface area contributed by atoms with Crippen LogP contribution in [0.5, 0.6) is 0 Å². The van der Waals surface area contributed by atoms with Crippen molar-refractivity contribution in [1.82, 2.24) is 15.5 Å². The minimum atomic E-state index is -0.448. The maximum absolute atomic E-state index is 13.5. The van der Waals surface area contributed by atoms with Crippen molar-refractivity contribution in [2.24, 2.45) is 0 Å². The van der Waals surface area contributed by atoms with Crippen LogP contribution in [0.2, 0.25) is 5.02 Å². The minimum Gasteiger partial charge on any atom is -0.369 e. The number of halogens is 2. The number of amides is 3. The van der Waals surface area contributed by atoms with Crippen molar-refractivity contribution in [2.75, 3.05) is 37.6 Å². The number of nitrogens with zero attached hydrogens (tertiary/aromatic N) is 2. The lowest BCUT2D eigenvalue weighted by Crippen LogP contribution is -2.54. The van der Waals surface area contributed by atoms with Gasteiger partial charge >= 0.3 is 6.03 Å². The van der Waals surface area contributed by atoms with E-state index in [1.165, 1.54) is 17.0 Å². The maximum atomic E-state index is 13.5. The molecule has 0 saturated carbocycles. The molecule has 6 nitrogen and oxygen atoms in total. The summed E-state index contributed by atoms with van der Waals surface area (Å²) in [6.45, 7) is 2.41. The number of hydrogen-bond acceptors (Lipinski definition) is 3. The van der Waals surface area contributed by atoms with E-state index in [4.69, 9.17) is 11.6 Å². The standard InChI is InChI=1S/C15H18ClFN4O2/c16-12-2-1-11(7-13(12)17)20-5-3-10(8-20)19-15(23)21-6-4-18-14(22)9-21/h1-2,7,10H,3-6,8-9H2,(H,18,22)(H,19,23)/t10-/m0/s1. The molecule has 2 aliphatic heterocycles. The van der Waals surface area contributed by atoms with Crippen LogP contribution >= 0.6 is 11.6 Å². The first kappa shape index (κ1) is 15.9. The Hall–Kier alpha value is -2.02. The fourth-order valence-electron chi connectivity index (χ4n) is 2.87. The zero-order valence-corrected chi connectivity index (χ0v) is 13.3. The van der Waals surface area contributed by atoms with Crippen molar-refractivity contribution in [3.05, 3.63) is 29.0 Å². The molecule has 0 unspecified atom stereocenters. The number of carbonyl (C=O) groups excluding carboxylic acids is 2. The molecule has 2 heterocycles. The lowest BCUT2D eigenvalue weighted by molar-refractivity contribution is -0.123. The summed E-state index contributed by atoms with van der Waals surface area (Å²) in [5, 5.41) is 5.72. The highest BCUT2D eigenvalue weighted by Gasteiger charge is 2.28. The highest BCUT2D eigenvalue weighted by molar-refractivity contribution is 6.30. The van der Waals surface area contributed by atoms with Crippen molar-refractivity contribution in [1.29, 1.82) is 0 Å². The molecule has 2 aliphatic rings. The molecule has 2 saturated heterocycles. The van der Waals surface area contributed by atoms with E-state index in [-0.39, 0.29) is 29.5 Å². The fraction of sp³-hybridized carbons (Fsp3) is 0.467. The third-order valence-corrected chi connectivity index (χ3v) is 4.42. The zero-order valence-electron chi connectivity index (χ0n) is 12.5. The van der Waals surface area contributed by atoms with Crippen LogP contribution in [0.1, 0.15) is 6.42 Å². The number of hydrogen-bond donors (Lipinski definition) is 2. The summed E-state index contributed by atoms with van der Waals surface area (Å²) in [5.74, 6) is -0.591. The summed E-state index contributed by atoms with van der Waals surface area (Å²) in [6, 6.07) is 4.46. The topological polar surface area (TPSA) is 64.7 Å². The Morgan fingerprint density at radius 3 is 2.96 bits per heavy atom. The zero-order chi connectivity index (χ0) is 16.4. The SMILES string of the molecule is O=C1CN(C(=O)N[C@H]2CCN(c3ccc(Cl)c(F)c3)C2)CCN1. The van der Waals surface area contributed by atoms with Crippen LogP contribution in [0.3, 0.4) is 0 Å². The highest BCUT2D eigenvalue weighted by atomic mass is 35.5. The van der Waals surface area contributed by atoms with Crippen molar-refractivity contribution in [2.45, 2.75) is 12.5 Å². The molecule has 1 aromatic carbocycles. The van der Waals surface area contributed by atoms with Crippen molar-refractivity contribution >= 4 is 29.2 Å². The third kappa shape index (κ3) is 3.67. The monoisotopic (exact) mass is 340 g/mol. The normalized spacial score (nSPS) is 21.3. The van der Waals surface area contributed by atoms with Gasteiger partial charge in [-0.3, -0.25) is 4.79 Å². The second kappa shape index (κ2) is 6.62. The molecule has 124 valence electrons. The Bertz CT molecular complexity index is 627. The van der Waals surface area contributed by atoms with E-state index in [1.807, 2.05) is 4.90 Å². The van der Waals surface area contributed by atoms with E-state index in [9.17, 15) is 14.0 Å². The van der Waals surface area contributed by atoms with E-state index in [1.54, 1.807) is 6.07 Å². The van der Waals surface area contributed by atoms with Gasteiger partial charge in [0.1, 0.15) is 12.4 Å². The molecule has 0 spiro atoms. The second-order valence-corrected chi connectivity index (χ2v) is 6.16. The van der Waals surface area contributed by atoms with E-state index in [0.717, 1.165) is 18.7 Å².